The molecule has 0 aliphatic carbocycles. The number of nitrogens with one attached hydrogen (secondary N) is 1. The van der Waals surface area contributed by atoms with Crippen molar-refractivity contribution in [2.24, 2.45) is 5.92 Å². The van der Waals surface area contributed by atoms with E-state index in [9.17, 15) is 9.59 Å². The summed E-state index contributed by atoms with van der Waals surface area (Å²) in [6.45, 7) is 0.375. The SMILES string of the molecule is O=C(Nc1cccc(-n2cccn2)c1)C1CC(=O)N(c2cccc(Br)c2)C1. The normalized spacial score (nSPS) is 16.6. The maximum absolute atomic E-state index is 12.7. The van der Waals surface area contributed by atoms with Gasteiger partial charge in [0.15, 0.2) is 0 Å². The van der Waals surface area contributed by atoms with Gasteiger partial charge in [0, 0.05) is 41.2 Å². The van der Waals surface area contributed by atoms with Gasteiger partial charge in [-0.05, 0) is 42.5 Å². The van der Waals surface area contributed by atoms with Gasteiger partial charge in [-0.1, -0.05) is 28.1 Å². The van der Waals surface area contributed by atoms with Crippen molar-refractivity contribution in [2.45, 2.75) is 6.42 Å². The Bertz CT molecular complexity index is 987. The van der Waals surface area contributed by atoms with Gasteiger partial charge in [0.05, 0.1) is 11.6 Å². The topological polar surface area (TPSA) is 67.2 Å². The highest BCUT2D eigenvalue weighted by Crippen LogP contribution is 2.28. The van der Waals surface area contributed by atoms with Crippen LogP contribution in [0.1, 0.15) is 6.42 Å². The second-order valence-electron chi connectivity index (χ2n) is 6.38. The van der Waals surface area contributed by atoms with Gasteiger partial charge < -0.3 is 10.2 Å². The maximum Gasteiger partial charge on any atom is 0.229 e. The number of rotatable bonds is 4. The molecule has 1 aliphatic rings. The fourth-order valence-electron chi connectivity index (χ4n) is 3.17. The fraction of sp³-hybridized carbons (Fsp3) is 0.150. The molecular weight excluding hydrogens is 408 g/mol. The van der Waals surface area contributed by atoms with Gasteiger partial charge in [-0.2, -0.15) is 5.10 Å². The molecule has 4 rings (SSSR count). The van der Waals surface area contributed by atoms with E-state index in [0.717, 1.165) is 15.8 Å². The van der Waals surface area contributed by atoms with Gasteiger partial charge in [-0.3, -0.25) is 9.59 Å². The van der Waals surface area contributed by atoms with E-state index in [2.05, 4.69) is 26.3 Å². The molecule has 2 heterocycles. The highest BCUT2D eigenvalue weighted by Gasteiger charge is 2.35. The van der Waals surface area contributed by atoms with Crippen molar-refractivity contribution in [3.05, 3.63) is 71.5 Å². The number of aromatic nitrogens is 2. The molecule has 1 aliphatic heterocycles. The lowest BCUT2D eigenvalue weighted by Gasteiger charge is -2.17. The number of carbonyl (C=O) groups excluding carboxylic acids is 2. The Hall–Kier alpha value is -2.93. The zero-order valence-electron chi connectivity index (χ0n) is 14.4. The minimum Gasteiger partial charge on any atom is -0.326 e. The highest BCUT2D eigenvalue weighted by molar-refractivity contribution is 9.10. The Labute approximate surface area is 164 Å². The molecule has 6 nitrogen and oxygen atoms in total. The summed E-state index contributed by atoms with van der Waals surface area (Å²) in [6.07, 6.45) is 3.75. The molecule has 7 heteroatoms. The lowest BCUT2D eigenvalue weighted by atomic mass is 10.1. The molecule has 1 fully saturated rings. The molecule has 0 radical (unpaired) electrons. The van der Waals surface area contributed by atoms with E-state index in [1.54, 1.807) is 15.8 Å². The van der Waals surface area contributed by atoms with Crippen LogP contribution < -0.4 is 10.2 Å². The summed E-state index contributed by atoms with van der Waals surface area (Å²) in [5.41, 5.74) is 2.34. The predicted molar refractivity (Wildman–Crippen MR) is 107 cm³/mol. The summed E-state index contributed by atoms with van der Waals surface area (Å²) < 4.78 is 2.63. The van der Waals surface area contributed by atoms with Crippen molar-refractivity contribution in [2.75, 3.05) is 16.8 Å². The molecule has 3 aromatic rings. The van der Waals surface area contributed by atoms with Crippen molar-refractivity contribution in [3.8, 4) is 5.69 Å². The zero-order chi connectivity index (χ0) is 18.8. The Morgan fingerprint density at radius 3 is 2.70 bits per heavy atom. The van der Waals surface area contributed by atoms with E-state index < -0.39 is 0 Å². The molecule has 1 saturated heterocycles. The van der Waals surface area contributed by atoms with E-state index in [1.807, 2.05) is 60.8 Å². The molecule has 0 saturated carbocycles. The van der Waals surface area contributed by atoms with Crippen LogP contribution >= 0.6 is 15.9 Å². The predicted octanol–water partition coefficient (Wildman–Crippen LogP) is 3.63. The number of anilines is 2. The molecule has 2 aromatic carbocycles. The number of carbonyl (C=O) groups is 2. The van der Waals surface area contributed by atoms with Crippen molar-refractivity contribution < 1.29 is 9.59 Å². The Morgan fingerprint density at radius 2 is 1.93 bits per heavy atom. The van der Waals surface area contributed by atoms with Crippen LogP contribution in [0.15, 0.2) is 71.5 Å². The van der Waals surface area contributed by atoms with Crippen LogP contribution in [0.3, 0.4) is 0 Å². The summed E-state index contributed by atoms with van der Waals surface area (Å²) in [5.74, 6) is -0.582. The Kier molecular flexibility index (Phi) is 4.77. The molecular formula is C20H17BrN4O2. The van der Waals surface area contributed by atoms with Crippen LogP contribution in [0.25, 0.3) is 5.69 Å². The van der Waals surface area contributed by atoms with E-state index in [4.69, 9.17) is 0 Å². The van der Waals surface area contributed by atoms with Gasteiger partial charge in [0.2, 0.25) is 11.8 Å². The van der Waals surface area contributed by atoms with Crippen LogP contribution in [0.5, 0.6) is 0 Å². The number of halogens is 1. The Morgan fingerprint density at radius 1 is 1.11 bits per heavy atom. The number of hydrogen-bond acceptors (Lipinski definition) is 3. The third kappa shape index (κ3) is 3.78. The molecule has 2 amide bonds. The molecule has 1 unspecified atom stereocenters. The summed E-state index contributed by atoms with van der Waals surface area (Å²) in [5, 5.41) is 7.12. The summed E-state index contributed by atoms with van der Waals surface area (Å²) in [7, 11) is 0. The van der Waals surface area contributed by atoms with Gasteiger partial charge in [-0.25, -0.2) is 4.68 Å². The molecule has 136 valence electrons. The van der Waals surface area contributed by atoms with Crippen molar-refractivity contribution >= 4 is 39.1 Å². The van der Waals surface area contributed by atoms with Gasteiger partial charge in [-0.15, -0.1) is 0 Å². The standard InChI is InChI=1S/C20H17BrN4O2/c21-15-4-1-6-17(11-15)24-13-14(10-19(24)26)20(27)23-16-5-2-7-18(12-16)25-9-3-8-22-25/h1-9,11-12,14H,10,13H2,(H,23,27). The highest BCUT2D eigenvalue weighted by atomic mass is 79.9. The van der Waals surface area contributed by atoms with Crippen molar-refractivity contribution in [1.29, 1.82) is 0 Å². The van der Waals surface area contributed by atoms with Crippen LogP contribution in [-0.2, 0) is 9.59 Å². The molecule has 1 N–H and O–H groups in total. The summed E-state index contributed by atoms with van der Waals surface area (Å²) in [4.78, 5) is 26.7. The van der Waals surface area contributed by atoms with E-state index in [1.165, 1.54) is 0 Å². The second-order valence-corrected chi connectivity index (χ2v) is 7.29. The fourth-order valence-corrected chi connectivity index (χ4v) is 3.56. The first-order valence-electron chi connectivity index (χ1n) is 8.57. The van der Waals surface area contributed by atoms with Crippen molar-refractivity contribution in [1.82, 2.24) is 9.78 Å². The summed E-state index contributed by atoms with van der Waals surface area (Å²) in [6, 6.07) is 16.8. The third-order valence-corrected chi connectivity index (χ3v) is 4.99. The number of benzene rings is 2. The minimum atomic E-state index is -0.384. The van der Waals surface area contributed by atoms with Crippen LogP contribution in [0.4, 0.5) is 11.4 Å². The molecule has 0 bridgehead atoms. The lowest BCUT2D eigenvalue weighted by molar-refractivity contribution is -0.122. The van der Waals surface area contributed by atoms with Gasteiger partial charge in [0.25, 0.3) is 0 Å². The quantitative estimate of drug-likeness (QED) is 0.695. The number of hydrogen-bond donors (Lipinski definition) is 1. The van der Waals surface area contributed by atoms with Crippen LogP contribution in [0.2, 0.25) is 0 Å². The van der Waals surface area contributed by atoms with Crippen molar-refractivity contribution in [3.63, 3.8) is 0 Å². The van der Waals surface area contributed by atoms with Gasteiger partial charge >= 0.3 is 0 Å². The second kappa shape index (κ2) is 7.36. The summed E-state index contributed by atoms with van der Waals surface area (Å²) >= 11 is 3.42. The number of amides is 2. The average molecular weight is 425 g/mol. The maximum atomic E-state index is 12.7. The van der Waals surface area contributed by atoms with Crippen LogP contribution in [-0.4, -0.2) is 28.1 Å². The minimum absolute atomic E-state index is 0.0430. The first kappa shape index (κ1) is 17.5. The van der Waals surface area contributed by atoms with E-state index in [-0.39, 0.29) is 24.2 Å². The lowest BCUT2D eigenvalue weighted by Crippen LogP contribution is -2.28. The van der Waals surface area contributed by atoms with Gasteiger partial charge in [0.1, 0.15) is 0 Å². The van der Waals surface area contributed by atoms with E-state index in [0.29, 0.717) is 12.2 Å². The average Bonchev–Trinajstić information content (AvgIpc) is 3.32. The van der Waals surface area contributed by atoms with E-state index >= 15 is 0 Å². The molecule has 0 spiro atoms. The largest absolute Gasteiger partial charge is 0.326 e. The number of nitrogens with zero attached hydrogens (tertiary/aromatic N) is 3. The first-order valence-corrected chi connectivity index (χ1v) is 9.36. The Balaban J connectivity index is 1.46. The van der Waals surface area contributed by atoms with Crippen LogP contribution in [0, 0.1) is 5.92 Å². The smallest absolute Gasteiger partial charge is 0.229 e. The molecule has 1 atom stereocenters. The molecule has 27 heavy (non-hydrogen) atoms. The zero-order valence-corrected chi connectivity index (χ0v) is 16.0. The third-order valence-electron chi connectivity index (χ3n) is 4.50. The first-order chi connectivity index (χ1) is 13.1. The molecule has 1 aromatic heterocycles. The monoisotopic (exact) mass is 424 g/mol.